The standard InChI is InChI=1S/C19H21N5O2S/c1-13-12-27-18(22-13)11-21-19(25)24-8-6-14(7-9-24)26-17-10-20-15-4-2-3-5-16(15)23-17/h2-5,10,12,14H,6-9,11H2,1H3,(H,21,25). The number of fused-ring (bicyclic) bond motifs is 1. The number of thiazole rings is 1. The molecule has 0 bridgehead atoms. The molecule has 0 aliphatic carbocycles. The highest BCUT2D eigenvalue weighted by Gasteiger charge is 2.24. The van der Waals surface area contributed by atoms with Gasteiger partial charge in [0.1, 0.15) is 11.1 Å². The molecule has 1 fully saturated rings. The third-order valence-electron chi connectivity index (χ3n) is 4.50. The molecule has 7 nitrogen and oxygen atoms in total. The molecular weight excluding hydrogens is 362 g/mol. The van der Waals surface area contributed by atoms with Crippen molar-refractivity contribution in [3.05, 3.63) is 46.5 Å². The molecule has 3 heterocycles. The SMILES string of the molecule is Cc1csc(CNC(=O)N2CCC(Oc3cnc4ccccc4n3)CC2)n1. The molecule has 1 aromatic carbocycles. The molecule has 140 valence electrons. The molecule has 1 aliphatic rings. The maximum atomic E-state index is 12.3. The monoisotopic (exact) mass is 383 g/mol. The van der Waals surface area contributed by atoms with Crippen LogP contribution < -0.4 is 10.1 Å². The summed E-state index contributed by atoms with van der Waals surface area (Å²) in [6.07, 6.45) is 3.26. The Morgan fingerprint density at radius 2 is 2.04 bits per heavy atom. The largest absolute Gasteiger partial charge is 0.473 e. The summed E-state index contributed by atoms with van der Waals surface area (Å²) in [5, 5.41) is 5.85. The van der Waals surface area contributed by atoms with E-state index in [1.165, 1.54) is 0 Å². The van der Waals surface area contributed by atoms with Crippen molar-refractivity contribution in [2.75, 3.05) is 13.1 Å². The van der Waals surface area contributed by atoms with Gasteiger partial charge >= 0.3 is 6.03 Å². The zero-order valence-electron chi connectivity index (χ0n) is 15.1. The van der Waals surface area contributed by atoms with Crippen LogP contribution in [0.15, 0.2) is 35.8 Å². The first-order valence-corrected chi connectivity index (χ1v) is 9.87. The number of likely N-dealkylation sites (tertiary alicyclic amines) is 1. The van der Waals surface area contributed by atoms with Gasteiger partial charge < -0.3 is 15.0 Å². The number of hydrogen-bond acceptors (Lipinski definition) is 6. The number of nitrogens with zero attached hydrogens (tertiary/aromatic N) is 4. The number of urea groups is 1. The molecule has 0 atom stereocenters. The minimum atomic E-state index is -0.0493. The van der Waals surface area contributed by atoms with Gasteiger partial charge in [0.2, 0.25) is 5.88 Å². The second-order valence-corrected chi connectivity index (χ2v) is 7.49. The van der Waals surface area contributed by atoms with Gasteiger partial charge in [-0.05, 0) is 19.1 Å². The van der Waals surface area contributed by atoms with Crippen LogP contribution in [0.5, 0.6) is 5.88 Å². The molecule has 1 N–H and O–H groups in total. The zero-order chi connectivity index (χ0) is 18.6. The fourth-order valence-corrected chi connectivity index (χ4v) is 3.80. The van der Waals surface area contributed by atoms with Gasteiger partial charge in [0, 0.05) is 37.0 Å². The van der Waals surface area contributed by atoms with Gasteiger partial charge in [-0.3, -0.25) is 0 Å². The first kappa shape index (κ1) is 17.7. The number of carbonyl (C=O) groups is 1. The summed E-state index contributed by atoms with van der Waals surface area (Å²) in [6, 6.07) is 7.67. The van der Waals surface area contributed by atoms with E-state index in [4.69, 9.17) is 4.74 Å². The molecular formula is C19H21N5O2S. The van der Waals surface area contributed by atoms with Crippen molar-refractivity contribution < 1.29 is 9.53 Å². The van der Waals surface area contributed by atoms with E-state index >= 15 is 0 Å². The van der Waals surface area contributed by atoms with E-state index in [1.54, 1.807) is 17.5 Å². The number of aryl methyl sites for hydroxylation is 1. The normalized spacial score (nSPS) is 15.1. The molecule has 2 amide bonds. The second-order valence-electron chi connectivity index (χ2n) is 6.54. The van der Waals surface area contributed by atoms with Crippen molar-refractivity contribution in [3.8, 4) is 5.88 Å². The number of amides is 2. The van der Waals surface area contributed by atoms with Crippen molar-refractivity contribution in [1.82, 2.24) is 25.2 Å². The summed E-state index contributed by atoms with van der Waals surface area (Å²) in [4.78, 5) is 27.4. The van der Waals surface area contributed by atoms with Gasteiger partial charge in [-0.25, -0.2) is 19.7 Å². The third-order valence-corrected chi connectivity index (χ3v) is 5.47. The molecule has 1 saturated heterocycles. The lowest BCUT2D eigenvalue weighted by molar-refractivity contribution is 0.107. The highest BCUT2D eigenvalue weighted by Crippen LogP contribution is 2.19. The topological polar surface area (TPSA) is 80.2 Å². The number of hydrogen-bond donors (Lipinski definition) is 1. The maximum absolute atomic E-state index is 12.3. The first-order chi connectivity index (χ1) is 13.2. The number of ether oxygens (including phenoxy) is 1. The zero-order valence-corrected chi connectivity index (χ0v) is 15.9. The van der Waals surface area contributed by atoms with Crippen LogP contribution in [0, 0.1) is 6.92 Å². The molecule has 2 aromatic heterocycles. The van der Waals surface area contributed by atoms with E-state index in [0.29, 0.717) is 25.5 Å². The number of nitrogens with one attached hydrogen (secondary N) is 1. The Hall–Kier alpha value is -2.74. The number of aromatic nitrogens is 3. The highest BCUT2D eigenvalue weighted by atomic mass is 32.1. The van der Waals surface area contributed by atoms with Crippen molar-refractivity contribution in [3.63, 3.8) is 0 Å². The van der Waals surface area contributed by atoms with E-state index in [-0.39, 0.29) is 12.1 Å². The van der Waals surface area contributed by atoms with Gasteiger partial charge in [-0.2, -0.15) is 0 Å². The van der Waals surface area contributed by atoms with Crippen LogP contribution in [0.25, 0.3) is 11.0 Å². The molecule has 27 heavy (non-hydrogen) atoms. The quantitative estimate of drug-likeness (QED) is 0.749. The number of piperidine rings is 1. The Bertz CT molecular complexity index is 937. The summed E-state index contributed by atoms with van der Waals surface area (Å²) in [7, 11) is 0. The number of para-hydroxylation sites is 2. The number of carbonyl (C=O) groups excluding carboxylic acids is 1. The molecule has 0 spiro atoms. The molecule has 1 aliphatic heterocycles. The molecule has 0 unspecified atom stereocenters. The van der Waals surface area contributed by atoms with Crippen LogP contribution in [0.3, 0.4) is 0 Å². The van der Waals surface area contributed by atoms with Crippen LogP contribution in [0.4, 0.5) is 4.79 Å². The van der Waals surface area contributed by atoms with Gasteiger partial charge in [0.25, 0.3) is 0 Å². The van der Waals surface area contributed by atoms with Crippen LogP contribution >= 0.6 is 11.3 Å². The van der Waals surface area contributed by atoms with Crippen molar-refractivity contribution in [1.29, 1.82) is 0 Å². The predicted molar refractivity (Wildman–Crippen MR) is 104 cm³/mol. The lowest BCUT2D eigenvalue weighted by Crippen LogP contribution is -2.46. The van der Waals surface area contributed by atoms with Crippen molar-refractivity contribution >= 4 is 28.4 Å². The number of rotatable bonds is 4. The first-order valence-electron chi connectivity index (χ1n) is 8.99. The van der Waals surface area contributed by atoms with E-state index in [0.717, 1.165) is 34.6 Å². The van der Waals surface area contributed by atoms with Crippen molar-refractivity contribution in [2.24, 2.45) is 0 Å². The predicted octanol–water partition coefficient (Wildman–Crippen LogP) is 3.15. The average molecular weight is 383 g/mol. The van der Waals surface area contributed by atoms with Crippen molar-refractivity contribution in [2.45, 2.75) is 32.4 Å². The van der Waals surface area contributed by atoms with Crippen LogP contribution in [0.2, 0.25) is 0 Å². The Morgan fingerprint density at radius 3 is 2.78 bits per heavy atom. The summed E-state index contributed by atoms with van der Waals surface area (Å²) in [6.45, 7) is 3.75. The fraction of sp³-hybridized carbons (Fsp3) is 0.368. The molecule has 4 rings (SSSR count). The van der Waals surface area contributed by atoms with Gasteiger partial charge in [0.05, 0.1) is 23.8 Å². The molecule has 3 aromatic rings. The van der Waals surface area contributed by atoms with E-state index in [1.807, 2.05) is 41.5 Å². The smallest absolute Gasteiger partial charge is 0.317 e. The fourth-order valence-electron chi connectivity index (χ4n) is 3.09. The minimum Gasteiger partial charge on any atom is -0.473 e. The van der Waals surface area contributed by atoms with Crippen LogP contribution in [0.1, 0.15) is 23.5 Å². The Morgan fingerprint density at radius 1 is 1.26 bits per heavy atom. The third kappa shape index (κ3) is 4.33. The van der Waals surface area contributed by atoms with Crippen LogP contribution in [-0.2, 0) is 6.54 Å². The summed E-state index contributed by atoms with van der Waals surface area (Å²) in [5.41, 5.74) is 2.66. The summed E-state index contributed by atoms with van der Waals surface area (Å²) < 4.78 is 5.98. The second kappa shape index (κ2) is 7.87. The lowest BCUT2D eigenvalue weighted by Gasteiger charge is -2.31. The van der Waals surface area contributed by atoms with Gasteiger partial charge in [-0.15, -0.1) is 11.3 Å². The minimum absolute atomic E-state index is 0.0473. The maximum Gasteiger partial charge on any atom is 0.317 e. The summed E-state index contributed by atoms with van der Waals surface area (Å²) >= 11 is 1.56. The molecule has 8 heteroatoms. The molecule has 0 saturated carbocycles. The Balaban J connectivity index is 1.27. The number of benzene rings is 1. The van der Waals surface area contributed by atoms with E-state index in [9.17, 15) is 4.79 Å². The van der Waals surface area contributed by atoms with Gasteiger partial charge in [-0.1, -0.05) is 12.1 Å². The Kier molecular flexibility index (Phi) is 5.15. The average Bonchev–Trinajstić information content (AvgIpc) is 3.12. The van der Waals surface area contributed by atoms with E-state index in [2.05, 4.69) is 20.3 Å². The Labute approximate surface area is 161 Å². The summed E-state index contributed by atoms with van der Waals surface area (Å²) in [5.74, 6) is 0.538. The van der Waals surface area contributed by atoms with Gasteiger partial charge in [0.15, 0.2) is 0 Å². The molecule has 0 radical (unpaired) electrons. The lowest BCUT2D eigenvalue weighted by atomic mass is 10.1. The van der Waals surface area contributed by atoms with Crippen LogP contribution in [-0.4, -0.2) is 45.1 Å². The highest BCUT2D eigenvalue weighted by molar-refractivity contribution is 7.09. The van der Waals surface area contributed by atoms with E-state index < -0.39 is 0 Å².